The number of aryl methyl sites for hydroxylation is 2. The lowest BCUT2D eigenvalue weighted by atomic mass is 10.3. The highest BCUT2D eigenvalue weighted by atomic mass is 15.6. The fraction of sp³-hybridized carbons (Fsp3) is 0.600. The van der Waals surface area contributed by atoms with Crippen molar-refractivity contribution in [3.63, 3.8) is 0 Å². The van der Waals surface area contributed by atoms with Crippen LogP contribution in [0.2, 0.25) is 0 Å². The van der Waals surface area contributed by atoms with Gasteiger partial charge in [0.05, 0.1) is 13.1 Å². The van der Waals surface area contributed by atoms with Gasteiger partial charge in [0.25, 0.3) is 0 Å². The van der Waals surface area contributed by atoms with Crippen LogP contribution in [0.1, 0.15) is 12.2 Å². The van der Waals surface area contributed by atoms with E-state index in [4.69, 9.17) is 5.26 Å². The van der Waals surface area contributed by atoms with Crippen molar-refractivity contribution in [1.82, 2.24) is 20.2 Å². The SMILES string of the molecule is Cn1nnc(CCC#N)n1. The van der Waals surface area contributed by atoms with Crippen LogP contribution >= 0.6 is 0 Å². The molecule has 0 bridgehead atoms. The van der Waals surface area contributed by atoms with Crippen LogP contribution in [0.4, 0.5) is 0 Å². The van der Waals surface area contributed by atoms with Crippen LogP contribution in [-0.4, -0.2) is 20.2 Å². The first-order valence-corrected chi connectivity index (χ1v) is 2.93. The lowest BCUT2D eigenvalue weighted by Gasteiger charge is -1.81. The Hall–Kier alpha value is -1.44. The molecular formula is C5H7N5. The summed E-state index contributed by atoms with van der Waals surface area (Å²) in [5.74, 6) is 0.629. The van der Waals surface area contributed by atoms with Crippen molar-refractivity contribution < 1.29 is 0 Å². The van der Waals surface area contributed by atoms with Gasteiger partial charge in [-0.25, -0.2) is 0 Å². The molecule has 0 aromatic carbocycles. The lowest BCUT2D eigenvalue weighted by Crippen LogP contribution is -1.93. The van der Waals surface area contributed by atoms with Crippen LogP contribution in [0.5, 0.6) is 0 Å². The van der Waals surface area contributed by atoms with E-state index in [1.807, 2.05) is 6.07 Å². The molecule has 0 aliphatic carbocycles. The summed E-state index contributed by atoms with van der Waals surface area (Å²) in [6, 6.07) is 2.01. The Kier molecular flexibility index (Phi) is 1.95. The largest absolute Gasteiger partial charge is 0.198 e. The zero-order chi connectivity index (χ0) is 7.40. The number of aromatic nitrogens is 4. The average molecular weight is 137 g/mol. The molecule has 0 radical (unpaired) electrons. The highest BCUT2D eigenvalue weighted by molar-refractivity contribution is 4.82. The van der Waals surface area contributed by atoms with E-state index in [0.717, 1.165) is 0 Å². The fourth-order valence-electron chi connectivity index (χ4n) is 0.591. The summed E-state index contributed by atoms with van der Waals surface area (Å²) in [7, 11) is 1.70. The first-order chi connectivity index (χ1) is 4.83. The minimum absolute atomic E-state index is 0.450. The number of rotatable bonds is 2. The summed E-state index contributed by atoms with van der Waals surface area (Å²) >= 11 is 0. The Bertz CT molecular complexity index is 245. The van der Waals surface area contributed by atoms with E-state index in [0.29, 0.717) is 18.7 Å². The quantitative estimate of drug-likeness (QED) is 0.559. The van der Waals surface area contributed by atoms with Crippen LogP contribution in [0.25, 0.3) is 0 Å². The van der Waals surface area contributed by atoms with Gasteiger partial charge in [-0.2, -0.15) is 10.1 Å². The van der Waals surface area contributed by atoms with Gasteiger partial charge in [-0.1, -0.05) is 0 Å². The predicted octanol–water partition coefficient (Wildman–Crippen LogP) is -0.334. The second kappa shape index (κ2) is 2.92. The molecule has 1 aromatic heterocycles. The van der Waals surface area contributed by atoms with Gasteiger partial charge >= 0.3 is 0 Å². The van der Waals surface area contributed by atoms with Crippen molar-refractivity contribution in [2.45, 2.75) is 12.8 Å². The van der Waals surface area contributed by atoms with Crippen molar-refractivity contribution in [2.24, 2.45) is 7.05 Å². The molecule has 0 N–H and O–H groups in total. The Morgan fingerprint density at radius 2 is 2.50 bits per heavy atom. The predicted molar refractivity (Wildman–Crippen MR) is 32.7 cm³/mol. The number of tetrazole rings is 1. The van der Waals surface area contributed by atoms with Gasteiger partial charge in [-0.05, 0) is 5.21 Å². The van der Waals surface area contributed by atoms with Gasteiger partial charge < -0.3 is 0 Å². The maximum Gasteiger partial charge on any atom is 0.175 e. The molecule has 0 spiro atoms. The van der Waals surface area contributed by atoms with Crippen LogP contribution in [0, 0.1) is 11.3 Å². The molecule has 10 heavy (non-hydrogen) atoms. The Balaban J connectivity index is 2.52. The highest BCUT2D eigenvalue weighted by Crippen LogP contribution is 1.89. The van der Waals surface area contributed by atoms with Crippen molar-refractivity contribution in [3.05, 3.63) is 5.82 Å². The second-order valence-electron chi connectivity index (χ2n) is 1.85. The highest BCUT2D eigenvalue weighted by Gasteiger charge is 1.97. The first-order valence-electron chi connectivity index (χ1n) is 2.93. The third kappa shape index (κ3) is 1.52. The minimum atomic E-state index is 0.450. The van der Waals surface area contributed by atoms with E-state index in [1.54, 1.807) is 7.05 Å². The zero-order valence-corrected chi connectivity index (χ0v) is 5.65. The van der Waals surface area contributed by atoms with Gasteiger partial charge in [-0.3, -0.25) is 0 Å². The third-order valence-corrected chi connectivity index (χ3v) is 1.01. The van der Waals surface area contributed by atoms with E-state index in [1.165, 1.54) is 4.80 Å². The summed E-state index contributed by atoms with van der Waals surface area (Å²) in [6.45, 7) is 0. The second-order valence-corrected chi connectivity index (χ2v) is 1.85. The molecule has 1 heterocycles. The van der Waals surface area contributed by atoms with Crippen molar-refractivity contribution >= 4 is 0 Å². The molecule has 5 heteroatoms. The van der Waals surface area contributed by atoms with Crippen LogP contribution < -0.4 is 0 Å². The molecule has 0 aliphatic rings. The van der Waals surface area contributed by atoms with E-state index in [2.05, 4.69) is 15.4 Å². The molecule has 1 rings (SSSR count). The number of hydrogen-bond acceptors (Lipinski definition) is 4. The lowest BCUT2D eigenvalue weighted by molar-refractivity contribution is 0.627. The van der Waals surface area contributed by atoms with Crippen LogP contribution in [0.15, 0.2) is 0 Å². The van der Waals surface area contributed by atoms with Gasteiger partial charge in [-0.15, -0.1) is 10.2 Å². The van der Waals surface area contributed by atoms with Crippen molar-refractivity contribution in [3.8, 4) is 6.07 Å². The first kappa shape index (κ1) is 6.68. The van der Waals surface area contributed by atoms with Gasteiger partial charge in [0.1, 0.15) is 0 Å². The van der Waals surface area contributed by atoms with E-state index in [-0.39, 0.29) is 0 Å². The standard InChI is InChI=1S/C5H7N5/c1-10-8-5(7-9-10)3-2-4-6/h2-3H2,1H3. The fourth-order valence-corrected chi connectivity index (χ4v) is 0.591. The molecule has 0 unspecified atom stereocenters. The van der Waals surface area contributed by atoms with Crippen molar-refractivity contribution in [2.75, 3.05) is 0 Å². The van der Waals surface area contributed by atoms with Crippen LogP contribution in [-0.2, 0) is 13.5 Å². The topological polar surface area (TPSA) is 67.4 Å². The monoisotopic (exact) mass is 137 g/mol. The van der Waals surface area contributed by atoms with Gasteiger partial charge in [0.15, 0.2) is 5.82 Å². The number of hydrogen-bond donors (Lipinski definition) is 0. The summed E-state index contributed by atoms with van der Waals surface area (Å²) in [5, 5.41) is 19.4. The molecule has 1 aromatic rings. The number of nitriles is 1. The molecule has 0 fully saturated rings. The molecular weight excluding hydrogens is 130 g/mol. The Labute approximate surface area is 58.3 Å². The maximum atomic E-state index is 8.20. The molecule has 0 aliphatic heterocycles. The summed E-state index contributed by atoms with van der Waals surface area (Å²) in [6.07, 6.45) is 1.04. The summed E-state index contributed by atoms with van der Waals surface area (Å²) in [5.41, 5.74) is 0. The van der Waals surface area contributed by atoms with Gasteiger partial charge in [0, 0.05) is 12.8 Å². The van der Waals surface area contributed by atoms with Crippen LogP contribution in [0.3, 0.4) is 0 Å². The smallest absolute Gasteiger partial charge is 0.175 e. The van der Waals surface area contributed by atoms with E-state index < -0.39 is 0 Å². The van der Waals surface area contributed by atoms with Crippen molar-refractivity contribution in [1.29, 1.82) is 5.26 Å². The molecule has 0 saturated heterocycles. The molecule has 0 saturated carbocycles. The minimum Gasteiger partial charge on any atom is -0.198 e. The molecule has 0 amide bonds. The Morgan fingerprint density at radius 1 is 1.70 bits per heavy atom. The zero-order valence-electron chi connectivity index (χ0n) is 5.65. The summed E-state index contributed by atoms with van der Waals surface area (Å²) in [4.78, 5) is 1.38. The molecule has 5 nitrogen and oxygen atoms in total. The summed E-state index contributed by atoms with van der Waals surface area (Å²) < 4.78 is 0. The molecule has 52 valence electrons. The normalized spacial score (nSPS) is 9.20. The Morgan fingerprint density at radius 3 is 3.00 bits per heavy atom. The molecule has 0 atom stereocenters. The third-order valence-electron chi connectivity index (χ3n) is 1.01. The van der Waals surface area contributed by atoms with E-state index in [9.17, 15) is 0 Å². The number of nitrogens with zero attached hydrogens (tertiary/aromatic N) is 5. The maximum absolute atomic E-state index is 8.20. The van der Waals surface area contributed by atoms with Gasteiger partial charge in [0.2, 0.25) is 0 Å². The average Bonchev–Trinajstić information content (AvgIpc) is 2.31. The van der Waals surface area contributed by atoms with E-state index >= 15 is 0 Å².